The Kier molecular flexibility index (Phi) is 3.96. The first-order chi connectivity index (χ1) is 8.70. The lowest BCUT2D eigenvalue weighted by Gasteiger charge is -2.13. The number of nitrogens with zero attached hydrogens (tertiary/aromatic N) is 3. The molecule has 1 N–H and O–H groups in total. The first-order valence-electron chi connectivity index (χ1n) is 6.17. The third-order valence-corrected chi connectivity index (χ3v) is 2.85. The highest BCUT2D eigenvalue weighted by Gasteiger charge is 2.29. The van der Waals surface area contributed by atoms with E-state index in [9.17, 15) is 4.79 Å². The largest absolute Gasteiger partial charge is 0.478 e. The summed E-state index contributed by atoms with van der Waals surface area (Å²) in [6.07, 6.45) is 3.17. The minimum atomic E-state index is -0.191. The zero-order valence-corrected chi connectivity index (χ0v) is 10.7. The van der Waals surface area contributed by atoms with E-state index in [0.29, 0.717) is 18.3 Å². The average Bonchev–Trinajstić information content (AvgIpc) is 2.69. The Labute approximate surface area is 106 Å². The summed E-state index contributed by atoms with van der Waals surface area (Å²) in [5.41, 5.74) is 0. The maximum atomic E-state index is 11.8. The molecule has 1 aliphatic rings. The molecule has 2 rings (SSSR count). The molecule has 0 radical (unpaired) electrons. The van der Waals surface area contributed by atoms with Crippen LogP contribution < -0.4 is 10.1 Å². The molecule has 1 amide bonds. The minimum Gasteiger partial charge on any atom is -0.478 e. The second-order valence-electron chi connectivity index (χ2n) is 4.34. The molecular weight excluding hydrogens is 232 g/mol. The molecule has 1 aliphatic heterocycles. The van der Waals surface area contributed by atoms with Crippen LogP contribution >= 0.6 is 0 Å². The van der Waals surface area contributed by atoms with Gasteiger partial charge in [-0.15, -0.1) is 0 Å². The molecular formula is C12H18N4O2. The molecule has 1 saturated heterocycles. The van der Waals surface area contributed by atoms with Gasteiger partial charge >= 0.3 is 0 Å². The predicted molar refractivity (Wildman–Crippen MR) is 67.5 cm³/mol. The molecule has 1 aromatic heterocycles. The molecule has 2 heterocycles. The van der Waals surface area contributed by atoms with Gasteiger partial charge in [-0.25, -0.2) is 9.97 Å². The van der Waals surface area contributed by atoms with Gasteiger partial charge in [-0.2, -0.15) is 0 Å². The molecule has 1 atom stereocenters. The smallest absolute Gasteiger partial charge is 0.244 e. The van der Waals surface area contributed by atoms with E-state index in [-0.39, 0.29) is 11.9 Å². The topological polar surface area (TPSA) is 67.3 Å². The molecule has 0 aromatic carbocycles. The van der Waals surface area contributed by atoms with Crippen molar-refractivity contribution < 1.29 is 9.53 Å². The minimum absolute atomic E-state index is 0.102. The standard InChI is InChI=1S/C12H18N4O2/c1-3-6-18-11-7-10(13-8-14-11)15-9-4-5-16(2)12(9)17/h7-9H,3-6H2,1-2H3,(H,13,14,15). The molecule has 0 spiro atoms. The van der Waals surface area contributed by atoms with Gasteiger partial charge in [0.25, 0.3) is 0 Å². The highest BCUT2D eigenvalue weighted by atomic mass is 16.5. The quantitative estimate of drug-likeness (QED) is 0.841. The first-order valence-corrected chi connectivity index (χ1v) is 6.17. The van der Waals surface area contributed by atoms with Crippen molar-refractivity contribution in [1.82, 2.24) is 14.9 Å². The lowest BCUT2D eigenvalue weighted by molar-refractivity contribution is -0.127. The van der Waals surface area contributed by atoms with Crippen molar-refractivity contribution in [3.05, 3.63) is 12.4 Å². The number of ether oxygens (including phenoxy) is 1. The van der Waals surface area contributed by atoms with Crippen molar-refractivity contribution in [3.63, 3.8) is 0 Å². The molecule has 6 nitrogen and oxygen atoms in total. The van der Waals surface area contributed by atoms with E-state index >= 15 is 0 Å². The summed E-state index contributed by atoms with van der Waals surface area (Å²) in [6, 6.07) is 1.53. The van der Waals surface area contributed by atoms with E-state index in [1.54, 1.807) is 18.0 Å². The molecule has 1 unspecified atom stereocenters. The third kappa shape index (κ3) is 2.88. The van der Waals surface area contributed by atoms with Gasteiger partial charge in [0, 0.05) is 19.7 Å². The molecule has 98 valence electrons. The number of carbonyl (C=O) groups excluding carboxylic acids is 1. The van der Waals surface area contributed by atoms with Crippen molar-refractivity contribution in [2.75, 3.05) is 25.5 Å². The normalized spacial score (nSPS) is 19.1. The van der Waals surface area contributed by atoms with Gasteiger partial charge in [0.05, 0.1) is 6.61 Å². The van der Waals surface area contributed by atoms with E-state index in [2.05, 4.69) is 15.3 Å². The number of hydrogen-bond acceptors (Lipinski definition) is 5. The molecule has 6 heteroatoms. The number of hydrogen-bond donors (Lipinski definition) is 1. The predicted octanol–water partition coefficient (Wildman–Crippen LogP) is 0.908. The monoisotopic (exact) mass is 250 g/mol. The van der Waals surface area contributed by atoms with Gasteiger partial charge in [0.2, 0.25) is 11.8 Å². The Morgan fingerprint density at radius 3 is 3.06 bits per heavy atom. The third-order valence-electron chi connectivity index (χ3n) is 2.85. The van der Waals surface area contributed by atoms with Crippen LogP contribution in [0.2, 0.25) is 0 Å². The summed E-state index contributed by atoms with van der Waals surface area (Å²) < 4.78 is 5.42. The van der Waals surface area contributed by atoms with Gasteiger partial charge in [-0.05, 0) is 12.8 Å². The Morgan fingerprint density at radius 1 is 1.56 bits per heavy atom. The van der Waals surface area contributed by atoms with E-state index in [1.165, 1.54) is 6.33 Å². The maximum Gasteiger partial charge on any atom is 0.244 e. The summed E-state index contributed by atoms with van der Waals surface area (Å²) >= 11 is 0. The number of aromatic nitrogens is 2. The van der Waals surface area contributed by atoms with Crippen LogP contribution in [0.4, 0.5) is 5.82 Å². The summed E-state index contributed by atoms with van der Waals surface area (Å²) in [6.45, 7) is 3.44. The fraction of sp³-hybridized carbons (Fsp3) is 0.583. The zero-order chi connectivity index (χ0) is 13.0. The Balaban J connectivity index is 1.99. The molecule has 18 heavy (non-hydrogen) atoms. The Bertz CT molecular complexity index is 424. The van der Waals surface area contributed by atoms with Gasteiger partial charge in [-0.1, -0.05) is 6.92 Å². The SMILES string of the molecule is CCCOc1cc(NC2CCN(C)C2=O)ncn1. The highest BCUT2D eigenvalue weighted by Crippen LogP contribution is 2.16. The van der Waals surface area contributed by atoms with E-state index in [0.717, 1.165) is 19.4 Å². The van der Waals surface area contributed by atoms with E-state index in [4.69, 9.17) is 4.74 Å². The zero-order valence-electron chi connectivity index (χ0n) is 10.7. The van der Waals surface area contributed by atoms with Crippen LogP contribution in [0.3, 0.4) is 0 Å². The van der Waals surface area contributed by atoms with Crippen molar-refractivity contribution in [1.29, 1.82) is 0 Å². The van der Waals surface area contributed by atoms with E-state index < -0.39 is 0 Å². The lowest BCUT2D eigenvalue weighted by Crippen LogP contribution is -2.31. The average molecular weight is 250 g/mol. The van der Waals surface area contributed by atoms with Crippen molar-refractivity contribution in [2.45, 2.75) is 25.8 Å². The van der Waals surface area contributed by atoms with Crippen molar-refractivity contribution in [3.8, 4) is 5.88 Å². The van der Waals surface area contributed by atoms with E-state index in [1.807, 2.05) is 6.92 Å². The van der Waals surface area contributed by atoms with Gasteiger partial charge in [0.1, 0.15) is 18.2 Å². The molecule has 0 saturated carbocycles. The Hall–Kier alpha value is -1.85. The van der Waals surface area contributed by atoms with Gasteiger partial charge < -0.3 is 15.0 Å². The lowest BCUT2D eigenvalue weighted by atomic mass is 10.2. The summed E-state index contributed by atoms with van der Waals surface area (Å²) in [5, 5.41) is 3.12. The molecule has 0 aliphatic carbocycles. The maximum absolute atomic E-state index is 11.8. The van der Waals surface area contributed by atoms with Crippen LogP contribution in [0.25, 0.3) is 0 Å². The number of amides is 1. The van der Waals surface area contributed by atoms with Crippen molar-refractivity contribution in [2.24, 2.45) is 0 Å². The molecule has 0 bridgehead atoms. The molecule has 1 aromatic rings. The number of likely N-dealkylation sites (N-methyl/N-ethyl adjacent to an activating group) is 1. The van der Waals surface area contributed by atoms with Crippen LogP contribution in [0.1, 0.15) is 19.8 Å². The number of nitrogens with one attached hydrogen (secondary N) is 1. The number of rotatable bonds is 5. The number of anilines is 1. The highest BCUT2D eigenvalue weighted by molar-refractivity contribution is 5.86. The Morgan fingerprint density at radius 2 is 2.39 bits per heavy atom. The van der Waals surface area contributed by atoms with Crippen LogP contribution in [-0.2, 0) is 4.79 Å². The van der Waals surface area contributed by atoms with Crippen LogP contribution in [0, 0.1) is 0 Å². The summed E-state index contributed by atoms with van der Waals surface area (Å²) in [4.78, 5) is 21.6. The summed E-state index contributed by atoms with van der Waals surface area (Å²) in [7, 11) is 1.81. The van der Waals surface area contributed by atoms with Crippen LogP contribution in [-0.4, -0.2) is 47.0 Å². The van der Waals surface area contributed by atoms with Gasteiger partial charge in [0.15, 0.2) is 0 Å². The van der Waals surface area contributed by atoms with Crippen LogP contribution in [0.5, 0.6) is 5.88 Å². The van der Waals surface area contributed by atoms with Crippen LogP contribution in [0.15, 0.2) is 12.4 Å². The second kappa shape index (κ2) is 5.66. The van der Waals surface area contributed by atoms with Gasteiger partial charge in [-0.3, -0.25) is 4.79 Å². The summed E-state index contributed by atoms with van der Waals surface area (Å²) in [5.74, 6) is 1.27. The van der Waals surface area contributed by atoms with Crippen molar-refractivity contribution >= 4 is 11.7 Å². The fourth-order valence-electron chi connectivity index (χ4n) is 1.84. The second-order valence-corrected chi connectivity index (χ2v) is 4.34. The fourth-order valence-corrected chi connectivity index (χ4v) is 1.84. The molecule has 1 fully saturated rings. The first kappa shape index (κ1) is 12.6. The number of carbonyl (C=O) groups is 1. The number of likely N-dealkylation sites (tertiary alicyclic amines) is 1.